The molecule has 5 nitrogen and oxygen atoms in total. The van der Waals surface area contributed by atoms with Crippen LogP contribution >= 0.6 is 0 Å². The molecule has 1 aromatic heterocycles. The van der Waals surface area contributed by atoms with Gasteiger partial charge in [0.15, 0.2) is 5.82 Å². The minimum absolute atomic E-state index is 0.460. The number of hydrogen-bond donors (Lipinski definition) is 2. The highest BCUT2D eigenvalue weighted by Crippen LogP contribution is 2.08. The Morgan fingerprint density at radius 2 is 2.23 bits per heavy atom. The molecule has 0 spiro atoms. The Morgan fingerprint density at radius 1 is 1.54 bits per heavy atom. The van der Waals surface area contributed by atoms with Crippen molar-refractivity contribution in [3.8, 4) is 0 Å². The number of aromatic nitrogens is 3. The first-order chi connectivity index (χ1) is 6.17. The predicted molar refractivity (Wildman–Crippen MR) is 52.0 cm³/mol. The summed E-state index contributed by atoms with van der Waals surface area (Å²) in [6.07, 6.45) is 1.87. The average molecular weight is 183 g/mol. The molecule has 0 aromatic carbocycles. The molecular formula is C8H17N5. The maximum absolute atomic E-state index is 5.58. The van der Waals surface area contributed by atoms with Gasteiger partial charge in [0.2, 0.25) is 5.95 Å². The third-order valence-electron chi connectivity index (χ3n) is 2.22. The van der Waals surface area contributed by atoms with E-state index in [1.165, 1.54) is 0 Å². The summed E-state index contributed by atoms with van der Waals surface area (Å²) in [5.41, 5.74) is 11.1. The van der Waals surface area contributed by atoms with Gasteiger partial charge in [-0.2, -0.15) is 10.1 Å². The van der Waals surface area contributed by atoms with Gasteiger partial charge < -0.3 is 11.5 Å². The van der Waals surface area contributed by atoms with Crippen molar-refractivity contribution in [1.82, 2.24) is 14.8 Å². The number of hydrogen-bond acceptors (Lipinski definition) is 4. The molecule has 1 unspecified atom stereocenters. The van der Waals surface area contributed by atoms with E-state index in [1.807, 2.05) is 0 Å². The summed E-state index contributed by atoms with van der Waals surface area (Å²) >= 11 is 0. The van der Waals surface area contributed by atoms with Crippen molar-refractivity contribution in [3.63, 3.8) is 0 Å². The summed E-state index contributed by atoms with van der Waals surface area (Å²) in [6.45, 7) is 2.79. The van der Waals surface area contributed by atoms with Crippen LogP contribution in [-0.4, -0.2) is 21.3 Å². The Kier molecular flexibility index (Phi) is 3.25. The lowest BCUT2D eigenvalue weighted by Gasteiger charge is -2.07. The smallest absolute Gasteiger partial charge is 0.218 e. The van der Waals surface area contributed by atoms with Crippen molar-refractivity contribution in [3.05, 3.63) is 5.82 Å². The molecule has 0 amide bonds. The molecule has 0 aliphatic heterocycles. The monoisotopic (exact) mass is 183 g/mol. The molecule has 1 rings (SSSR count). The van der Waals surface area contributed by atoms with E-state index in [2.05, 4.69) is 17.0 Å². The van der Waals surface area contributed by atoms with E-state index in [9.17, 15) is 0 Å². The third kappa shape index (κ3) is 2.42. The van der Waals surface area contributed by atoms with Crippen LogP contribution in [0.1, 0.15) is 19.2 Å². The maximum Gasteiger partial charge on any atom is 0.218 e. The van der Waals surface area contributed by atoms with Crippen LogP contribution in [-0.2, 0) is 13.5 Å². The summed E-state index contributed by atoms with van der Waals surface area (Å²) in [5, 5.41) is 4.17. The first-order valence-corrected chi connectivity index (χ1v) is 4.52. The van der Waals surface area contributed by atoms with Crippen molar-refractivity contribution >= 4 is 5.95 Å². The van der Waals surface area contributed by atoms with Gasteiger partial charge in [0.05, 0.1) is 0 Å². The van der Waals surface area contributed by atoms with Crippen LogP contribution in [0.2, 0.25) is 0 Å². The molecule has 0 saturated carbocycles. The molecule has 4 N–H and O–H groups in total. The summed E-state index contributed by atoms with van der Waals surface area (Å²) < 4.78 is 1.58. The second-order valence-electron chi connectivity index (χ2n) is 3.22. The van der Waals surface area contributed by atoms with Crippen LogP contribution in [0.5, 0.6) is 0 Å². The van der Waals surface area contributed by atoms with E-state index < -0.39 is 0 Å². The van der Waals surface area contributed by atoms with Crippen LogP contribution in [0.25, 0.3) is 0 Å². The van der Waals surface area contributed by atoms with E-state index in [4.69, 9.17) is 11.5 Å². The molecule has 13 heavy (non-hydrogen) atoms. The van der Waals surface area contributed by atoms with Crippen LogP contribution in [0.15, 0.2) is 0 Å². The topological polar surface area (TPSA) is 82.7 Å². The molecule has 74 valence electrons. The average Bonchev–Trinajstić information content (AvgIpc) is 2.42. The molecular weight excluding hydrogens is 166 g/mol. The number of nitrogens with two attached hydrogens (primary N) is 2. The third-order valence-corrected chi connectivity index (χ3v) is 2.22. The van der Waals surface area contributed by atoms with Gasteiger partial charge in [-0.15, -0.1) is 0 Å². The summed E-state index contributed by atoms with van der Waals surface area (Å²) in [5.74, 6) is 1.71. The Morgan fingerprint density at radius 3 is 2.62 bits per heavy atom. The van der Waals surface area contributed by atoms with Crippen LogP contribution in [0, 0.1) is 5.92 Å². The molecule has 0 aliphatic carbocycles. The van der Waals surface area contributed by atoms with E-state index in [1.54, 1.807) is 11.7 Å². The van der Waals surface area contributed by atoms with E-state index in [-0.39, 0.29) is 0 Å². The second-order valence-corrected chi connectivity index (χ2v) is 3.22. The van der Waals surface area contributed by atoms with E-state index in [0.717, 1.165) is 18.7 Å². The Bertz CT molecular complexity index is 244. The van der Waals surface area contributed by atoms with Crippen molar-refractivity contribution in [1.29, 1.82) is 0 Å². The van der Waals surface area contributed by atoms with Gasteiger partial charge in [0.25, 0.3) is 0 Å². The lowest BCUT2D eigenvalue weighted by atomic mass is 10.0. The fraction of sp³-hybridized carbons (Fsp3) is 0.750. The van der Waals surface area contributed by atoms with Gasteiger partial charge in [-0.3, -0.25) is 0 Å². The summed E-state index contributed by atoms with van der Waals surface area (Å²) in [6, 6.07) is 0. The van der Waals surface area contributed by atoms with Crippen molar-refractivity contribution < 1.29 is 0 Å². The summed E-state index contributed by atoms with van der Waals surface area (Å²) in [7, 11) is 1.79. The molecule has 1 aromatic rings. The minimum Gasteiger partial charge on any atom is -0.368 e. The molecule has 0 radical (unpaired) electrons. The molecule has 5 heteroatoms. The van der Waals surface area contributed by atoms with Crippen LogP contribution < -0.4 is 11.5 Å². The van der Waals surface area contributed by atoms with Crippen LogP contribution in [0.3, 0.4) is 0 Å². The Balaban J connectivity index is 2.62. The first-order valence-electron chi connectivity index (χ1n) is 4.52. The SMILES string of the molecule is CCC(CN)Cc1nc(N)n(C)n1. The van der Waals surface area contributed by atoms with Gasteiger partial charge in [-0.1, -0.05) is 13.3 Å². The number of nitrogens with zero attached hydrogens (tertiary/aromatic N) is 3. The molecule has 0 saturated heterocycles. The molecule has 0 fully saturated rings. The van der Waals surface area contributed by atoms with Gasteiger partial charge in [0.1, 0.15) is 0 Å². The van der Waals surface area contributed by atoms with Crippen molar-refractivity contribution in [2.75, 3.05) is 12.3 Å². The van der Waals surface area contributed by atoms with Gasteiger partial charge in [-0.05, 0) is 12.5 Å². The van der Waals surface area contributed by atoms with Gasteiger partial charge in [0, 0.05) is 13.5 Å². The fourth-order valence-electron chi connectivity index (χ4n) is 1.19. The zero-order chi connectivity index (χ0) is 9.84. The first kappa shape index (κ1) is 9.98. The van der Waals surface area contributed by atoms with Gasteiger partial charge in [-0.25, -0.2) is 4.68 Å². The number of rotatable bonds is 4. The second kappa shape index (κ2) is 4.23. The van der Waals surface area contributed by atoms with Crippen molar-refractivity contribution in [2.45, 2.75) is 19.8 Å². The highest BCUT2D eigenvalue weighted by molar-refractivity contribution is 5.15. The standard InChI is InChI=1S/C8H17N5/c1-3-6(5-9)4-7-11-8(10)13(2)12-7/h6H,3-5,9H2,1-2H3,(H2,10,11,12). The van der Waals surface area contributed by atoms with E-state index >= 15 is 0 Å². The van der Waals surface area contributed by atoms with Gasteiger partial charge >= 0.3 is 0 Å². The lowest BCUT2D eigenvalue weighted by Crippen LogP contribution is -2.16. The quantitative estimate of drug-likeness (QED) is 0.684. The fourth-order valence-corrected chi connectivity index (χ4v) is 1.19. The normalized spacial score (nSPS) is 13.2. The largest absolute Gasteiger partial charge is 0.368 e. The predicted octanol–water partition coefficient (Wildman–Crippen LogP) is -0.0753. The highest BCUT2D eigenvalue weighted by Gasteiger charge is 2.10. The lowest BCUT2D eigenvalue weighted by molar-refractivity contribution is 0.503. The zero-order valence-corrected chi connectivity index (χ0v) is 8.20. The van der Waals surface area contributed by atoms with Crippen LogP contribution in [0.4, 0.5) is 5.95 Å². The summed E-state index contributed by atoms with van der Waals surface area (Å²) in [4.78, 5) is 4.12. The Hall–Kier alpha value is -1.10. The zero-order valence-electron chi connectivity index (χ0n) is 8.20. The minimum atomic E-state index is 0.460. The highest BCUT2D eigenvalue weighted by atomic mass is 15.4. The number of anilines is 1. The maximum atomic E-state index is 5.58. The molecule has 1 heterocycles. The Labute approximate surface area is 78.1 Å². The number of aryl methyl sites for hydroxylation is 1. The van der Waals surface area contributed by atoms with E-state index in [0.29, 0.717) is 18.4 Å². The number of nitrogen functional groups attached to an aromatic ring is 1. The molecule has 0 bridgehead atoms. The molecule has 1 atom stereocenters. The molecule has 0 aliphatic rings. The van der Waals surface area contributed by atoms with Crippen molar-refractivity contribution in [2.24, 2.45) is 18.7 Å².